The monoisotopic (exact) mass is 353 g/mol. The van der Waals surface area contributed by atoms with Gasteiger partial charge >= 0.3 is 0 Å². The average molecular weight is 355 g/mol. The van der Waals surface area contributed by atoms with Crippen LogP contribution in [0.4, 0.5) is 0 Å². The highest BCUT2D eigenvalue weighted by atomic mass is 79.9. The van der Waals surface area contributed by atoms with Gasteiger partial charge in [-0.2, -0.15) is 0 Å². The van der Waals surface area contributed by atoms with E-state index in [4.69, 9.17) is 17.3 Å². The number of benzene rings is 1. The van der Waals surface area contributed by atoms with Gasteiger partial charge in [0.1, 0.15) is 0 Å². The fourth-order valence-corrected chi connectivity index (χ4v) is 2.66. The van der Waals surface area contributed by atoms with Crippen molar-refractivity contribution < 1.29 is 0 Å². The molecular formula is C15H17BrClN3. The van der Waals surface area contributed by atoms with E-state index in [2.05, 4.69) is 32.9 Å². The van der Waals surface area contributed by atoms with E-state index in [1.807, 2.05) is 36.4 Å². The van der Waals surface area contributed by atoms with Gasteiger partial charge in [0.2, 0.25) is 0 Å². The third kappa shape index (κ3) is 3.79. The maximum atomic E-state index is 6.04. The lowest BCUT2D eigenvalue weighted by Crippen LogP contribution is -2.30. The van der Waals surface area contributed by atoms with Crippen molar-refractivity contribution in [1.29, 1.82) is 0 Å². The Hall–Kier alpha value is -0.940. The van der Waals surface area contributed by atoms with Crippen LogP contribution in [-0.4, -0.2) is 23.5 Å². The Labute approximate surface area is 132 Å². The van der Waals surface area contributed by atoms with Crippen LogP contribution in [0.25, 0.3) is 0 Å². The summed E-state index contributed by atoms with van der Waals surface area (Å²) in [6.07, 6.45) is 1.81. The first-order valence-corrected chi connectivity index (χ1v) is 7.54. The van der Waals surface area contributed by atoms with Crippen molar-refractivity contribution in [2.75, 3.05) is 13.6 Å². The molecular weight excluding hydrogens is 338 g/mol. The van der Waals surface area contributed by atoms with Crippen molar-refractivity contribution in [3.8, 4) is 0 Å². The van der Waals surface area contributed by atoms with Crippen molar-refractivity contribution in [3.05, 3.63) is 63.3 Å². The van der Waals surface area contributed by atoms with E-state index in [1.165, 1.54) is 0 Å². The number of nitrogens with zero attached hydrogens (tertiary/aromatic N) is 2. The van der Waals surface area contributed by atoms with Gasteiger partial charge in [0.25, 0.3) is 0 Å². The molecule has 106 valence electrons. The summed E-state index contributed by atoms with van der Waals surface area (Å²) in [4.78, 5) is 6.54. The molecule has 0 aliphatic heterocycles. The lowest BCUT2D eigenvalue weighted by atomic mass is 10.1. The van der Waals surface area contributed by atoms with Crippen LogP contribution in [0, 0.1) is 0 Å². The second-order valence-electron chi connectivity index (χ2n) is 4.66. The van der Waals surface area contributed by atoms with Gasteiger partial charge < -0.3 is 5.73 Å². The zero-order valence-electron chi connectivity index (χ0n) is 11.3. The van der Waals surface area contributed by atoms with Gasteiger partial charge in [-0.3, -0.25) is 9.88 Å². The zero-order valence-corrected chi connectivity index (χ0v) is 13.6. The predicted octanol–water partition coefficient (Wildman–Crippen LogP) is 3.63. The molecule has 1 aromatic heterocycles. The quantitative estimate of drug-likeness (QED) is 0.891. The van der Waals surface area contributed by atoms with Crippen LogP contribution in [-0.2, 0) is 6.54 Å². The highest BCUT2D eigenvalue weighted by molar-refractivity contribution is 9.10. The molecule has 1 unspecified atom stereocenters. The van der Waals surface area contributed by atoms with Gasteiger partial charge in [-0.05, 0) is 52.8 Å². The number of hydrogen-bond donors (Lipinski definition) is 1. The van der Waals surface area contributed by atoms with E-state index < -0.39 is 0 Å². The summed E-state index contributed by atoms with van der Waals surface area (Å²) in [5.41, 5.74) is 8.11. The maximum Gasteiger partial charge on any atom is 0.0548 e. The van der Waals surface area contributed by atoms with Gasteiger partial charge in [-0.25, -0.2) is 0 Å². The number of rotatable bonds is 5. The molecule has 0 spiro atoms. The third-order valence-corrected chi connectivity index (χ3v) is 4.44. The zero-order chi connectivity index (χ0) is 14.5. The molecule has 0 bridgehead atoms. The van der Waals surface area contributed by atoms with Crippen LogP contribution in [0.3, 0.4) is 0 Å². The Morgan fingerprint density at radius 3 is 2.75 bits per heavy atom. The van der Waals surface area contributed by atoms with E-state index in [0.29, 0.717) is 11.6 Å². The van der Waals surface area contributed by atoms with E-state index in [-0.39, 0.29) is 6.04 Å². The Morgan fingerprint density at radius 2 is 2.15 bits per heavy atom. The summed E-state index contributed by atoms with van der Waals surface area (Å²) < 4.78 is 0.890. The van der Waals surface area contributed by atoms with Crippen LogP contribution in [0.5, 0.6) is 0 Å². The molecule has 1 aromatic carbocycles. The van der Waals surface area contributed by atoms with Gasteiger partial charge in [-0.1, -0.05) is 23.7 Å². The largest absolute Gasteiger partial charge is 0.329 e. The molecule has 1 heterocycles. The fraction of sp³-hybridized carbons (Fsp3) is 0.267. The summed E-state index contributed by atoms with van der Waals surface area (Å²) in [5.74, 6) is 0. The molecule has 3 nitrogen and oxygen atoms in total. The Morgan fingerprint density at radius 1 is 1.35 bits per heavy atom. The number of halogens is 2. The lowest BCUT2D eigenvalue weighted by Gasteiger charge is -2.27. The van der Waals surface area contributed by atoms with Crippen molar-refractivity contribution in [2.45, 2.75) is 12.6 Å². The van der Waals surface area contributed by atoms with Crippen molar-refractivity contribution in [2.24, 2.45) is 5.73 Å². The molecule has 2 rings (SSSR count). The molecule has 0 amide bonds. The summed E-state index contributed by atoms with van der Waals surface area (Å²) in [6.45, 7) is 1.29. The highest BCUT2D eigenvalue weighted by Crippen LogP contribution is 2.28. The van der Waals surface area contributed by atoms with Crippen molar-refractivity contribution in [1.82, 2.24) is 9.88 Å². The summed E-state index contributed by atoms with van der Waals surface area (Å²) in [5, 5.41) is 0.705. The van der Waals surface area contributed by atoms with Crippen LogP contribution in [0.2, 0.25) is 5.02 Å². The first-order chi connectivity index (χ1) is 9.61. The second kappa shape index (κ2) is 7.18. The second-order valence-corrected chi connectivity index (χ2v) is 5.92. The molecule has 0 aliphatic carbocycles. The van der Waals surface area contributed by atoms with E-state index in [9.17, 15) is 0 Å². The number of likely N-dealkylation sites (N-methyl/N-ethyl adjacent to an activating group) is 1. The van der Waals surface area contributed by atoms with Crippen LogP contribution >= 0.6 is 27.5 Å². The molecule has 0 saturated carbocycles. The summed E-state index contributed by atoms with van der Waals surface area (Å²) in [7, 11) is 2.05. The molecule has 5 heteroatoms. The fourth-order valence-electron chi connectivity index (χ4n) is 2.15. The van der Waals surface area contributed by atoms with E-state index >= 15 is 0 Å². The Bertz CT molecular complexity index is 562. The number of aromatic nitrogens is 1. The topological polar surface area (TPSA) is 42.2 Å². The molecule has 0 fully saturated rings. The van der Waals surface area contributed by atoms with Gasteiger partial charge in [0.15, 0.2) is 0 Å². The first kappa shape index (κ1) is 15.4. The average Bonchev–Trinajstić information content (AvgIpc) is 2.44. The van der Waals surface area contributed by atoms with Crippen LogP contribution < -0.4 is 5.73 Å². The van der Waals surface area contributed by atoms with Gasteiger partial charge in [-0.15, -0.1) is 0 Å². The van der Waals surface area contributed by atoms with Gasteiger partial charge in [0, 0.05) is 29.8 Å². The SMILES string of the molecule is CN(Cc1ccccn1)C(CN)c1ccc(Cl)c(Br)c1. The number of nitrogens with two attached hydrogens (primary N) is 1. The van der Waals surface area contributed by atoms with Crippen LogP contribution in [0.1, 0.15) is 17.3 Å². The minimum atomic E-state index is 0.130. The van der Waals surface area contributed by atoms with E-state index in [0.717, 1.165) is 22.3 Å². The predicted molar refractivity (Wildman–Crippen MR) is 86.7 cm³/mol. The lowest BCUT2D eigenvalue weighted by molar-refractivity contribution is 0.239. The standard InChI is InChI=1S/C15H17BrClN3/c1-20(10-12-4-2-3-7-19-12)15(9-18)11-5-6-14(17)13(16)8-11/h2-8,15H,9-10,18H2,1H3. The molecule has 1 atom stereocenters. The van der Waals surface area contributed by atoms with Crippen molar-refractivity contribution in [3.63, 3.8) is 0 Å². The third-order valence-electron chi connectivity index (χ3n) is 3.22. The van der Waals surface area contributed by atoms with Gasteiger partial charge in [0.05, 0.1) is 10.7 Å². The first-order valence-electron chi connectivity index (χ1n) is 6.37. The normalized spacial score (nSPS) is 12.7. The Kier molecular flexibility index (Phi) is 5.54. The maximum absolute atomic E-state index is 6.04. The van der Waals surface area contributed by atoms with Crippen LogP contribution in [0.15, 0.2) is 47.1 Å². The van der Waals surface area contributed by atoms with E-state index in [1.54, 1.807) is 6.20 Å². The molecule has 20 heavy (non-hydrogen) atoms. The number of hydrogen-bond acceptors (Lipinski definition) is 3. The molecule has 2 aromatic rings. The summed E-state index contributed by atoms with van der Waals surface area (Å²) >= 11 is 9.49. The van der Waals surface area contributed by atoms with Crippen molar-refractivity contribution >= 4 is 27.5 Å². The highest BCUT2D eigenvalue weighted by Gasteiger charge is 2.17. The molecule has 0 saturated heterocycles. The minimum absolute atomic E-state index is 0.130. The molecule has 2 N–H and O–H groups in total. The summed E-state index contributed by atoms with van der Waals surface area (Å²) in [6, 6.07) is 12.0. The minimum Gasteiger partial charge on any atom is -0.329 e. The smallest absolute Gasteiger partial charge is 0.0548 e. The molecule has 0 aliphatic rings. The molecule has 0 radical (unpaired) electrons. The number of pyridine rings is 1. The Balaban J connectivity index is 2.16.